The highest BCUT2D eigenvalue weighted by molar-refractivity contribution is 6.15. The number of rotatable bonds is 2. The van der Waals surface area contributed by atoms with Gasteiger partial charge in [0.05, 0.1) is 17.2 Å². The molecule has 0 N–H and O–H groups in total. The van der Waals surface area contributed by atoms with E-state index in [9.17, 15) is 4.79 Å². The fraction of sp³-hybridized carbons (Fsp3) is 0.0370. The molecule has 1 aromatic heterocycles. The normalized spacial score (nSPS) is 16.7. The summed E-state index contributed by atoms with van der Waals surface area (Å²) in [7, 11) is 0. The lowest BCUT2D eigenvalue weighted by atomic mass is 9.80. The highest BCUT2D eigenvalue weighted by atomic mass is 16.4. The molecule has 3 nitrogen and oxygen atoms in total. The molecule has 4 aromatic rings. The Hall–Kier alpha value is -3.98. The SMILES string of the molecule is O=c1oc2cc(C3=CN=C4C=Cc5ccccc5C34)ccc2cc1-c1ccccc1. The molecule has 142 valence electrons. The largest absolute Gasteiger partial charge is 0.422 e. The van der Waals surface area contributed by atoms with Crippen molar-refractivity contribution in [3.63, 3.8) is 0 Å². The van der Waals surface area contributed by atoms with Crippen molar-refractivity contribution in [3.05, 3.63) is 118 Å². The van der Waals surface area contributed by atoms with Gasteiger partial charge in [-0.25, -0.2) is 4.79 Å². The fourth-order valence-corrected chi connectivity index (χ4v) is 4.37. The van der Waals surface area contributed by atoms with Crippen LogP contribution < -0.4 is 5.63 Å². The van der Waals surface area contributed by atoms with Crippen LogP contribution in [0.4, 0.5) is 0 Å². The molecule has 2 heterocycles. The second-order valence-corrected chi connectivity index (χ2v) is 7.60. The number of hydrogen-bond acceptors (Lipinski definition) is 3. The summed E-state index contributed by atoms with van der Waals surface area (Å²) >= 11 is 0. The Balaban J connectivity index is 1.44. The van der Waals surface area contributed by atoms with Gasteiger partial charge in [0, 0.05) is 11.6 Å². The highest BCUT2D eigenvalue weighted by Crippen LogP contribution is 2.42. The van der Waals surface area contributed by atoms with Gasteiger partial charge in [0.15, 0.2) is 0 Å². The standard InChI is InChI=1S/C27H17NO2/c29-27-22(17-6-2-1-3-7-17)14-20-11-10-19(15-25(20)30-27)23-16-28-24-13-12-18-8-4-5-9-21(18)26(23)24/h1-16,26H. The van der Waals surface area contributed by atoms with E-state index in [-0.39, 0.29) is 11.5 Å². The van der Waals surface area contributed by atoms with Crippen LogP contribution in [0.1, 0.15) is 22.6 Å². The van der Waals surface area contributed by atoms with Crippen molar-refractivity contribution in [3.8, 4) is 11.1 Å². The maximum Gasteiger partial charge on any atom is 0.344 e. The number of allylic oxidation sites excluding steroid dienone is 2. The van der Waals surface area contributed by atoms with Crippen LogP contribution in [0, 0.1) is 0 Å². The predicted molar refractivity (Wildman–Crippen MR) is 122 cm³/mol. The second-order valence-electron chi connectivity index (χ2n) is 7.60. The van der Waals surface area contributed by atoms with E-state index in [0.29, 0.717) is 11.1 Å². The third-order valence-corrected chi connectivity index (χ3v) is 5.85. The van der Waals surface area contributed by atoms with E-state index >= 15 is 0 Å². The number of benzene rings is 3. The minimum Gasteiger partial charge on any atom is -0.422 e. The molecule has 0 bridgehead atoms. The topological polar surface area (TPSA) is 42.6 Å². The van der Waals surface area contributed by atoms with Gasteiger partial charge in [0.2, 0.25) is 0 Å². The van der Waals surface area contributed by atoms with Crippen LogP contribution in [0.5, 0.6) is 0 Å². The quantitative estimate of drug-likeness (QED) is 0.392. The molecule has 1 aliphatic carbocycles. The molecule has 0 saturated heterocycles. The zero-order chi connectivity index (χ0) is 20.1. The molecule has 2 aliphatic rings. The van der Waals surface area contributed by atoms with E-state index in [1.165, 1.54) is 11.1 Å². The van der Waals surface area contributed by atoms with Gasteiger partial charge in [-0.3, -0.25) is 4.99 Å². The average Bonchev–Trinajstić information content (AvgIpc) is 3.23. The van der Waals surface area contributed by atoms with E-state index < -0.39 is 0 Å². The number of nitrogens with zero attached hydrogens (tertiary/aromatic N) is 1. The Morgan fingerprint density at radius 1 is 0.800 bits per heavy atom. The van der Waals surface area contributed by atoms with E-state index in [1.807, 2.05) is 54.7 Å². The van der Waals surface area contributed by atoms with Gasteiger partial charge in [0.25, 0.3) is 0 Å². The Morgan fingerprint density at radius 3 is 2.53 bits per heavy atom. The van der Waals surface area contributed by atoms with Crippen molar-refractivity contribution in [2.45, 2.75) is 5.92 Å². The van der Waals surface area contributed by atoms with Crippen LogP contribution in [0.2, 0.25) is 0 Å². The summed E-state index contributed by atoms with van der Waals surface area (Å²) in [6, 6.07) is 26.0. The zero-order valence-corrected chi connectivity index (χ0v) is 16.1. The summed E-state index contributed by atoms with van der Waals surface area (Å²) in [5.41, 5.74) is 7.36. The van der Waals surface area contributed by atoms with Crippen molar-refractivity contribution in [2.75, 3.05) is 0 Å². The molecule has 0 radical (unpaired) electrons. The molecule has 0 fully saturated rings. The summed E-state index contributed by atoms with van der Waals surface area (Å²) < 4.78 is 5.72. The maximum absolute atomic E-state index is 12.6. The van der Waals surface area contributed by atoms with Crippen LogP contribution in [0.3, 0.4) is 0 Å². The Bertz CT molecular complexity index is 1460. The van der Waals surface area contributed by atoms with Gasteiger partial charge in [-0.15, -0.1) is 0 Å². The number of aliphatic imine (C=N–C) groups is 1. The molecule has 1 unspecified atom stereocenters. The Morgan fingerprint density at radius 2 is 1.63 bits per heavy atom. The maximum atomic E-state index is 12.6. The lowest BCUT2D eigenvalue weighted by molar-refractivity contribution is 0.563. The summed E-state index contributed by atoms with van der Waals surface area (Å²) in [6.07, 6.45) is 6.14. The minimum atomic E-state index is -0.325. The predicted octanol–water partition coefficient (Wildman–Crippen LogP) is 6.07. The molecule has 6 rings (SSSR count). The first-order valence-corrected chi connectivity index (χ1v) is 9.96. The smallest absolute Gasteiger partial charge is 0.344 e. The fourth-order valence-electron chi connectivity index (χ4n) is 4.37. The average molecular weight is 387 g/mol. The van der Waals surface area contributed by atoms with Crippen molar-refractivity contribution in [1.29, 1.82) is 0 Å². The van der Waals surface area contributed by atoms with Crippen molar-refractivity contribution < 1.29 is 4.42 Å². The summed E-state index contributed by atoms with van der Waals surface area (Å²) in [4.78, 5) is 17.3. The van der Waals surface area contributed by atoms with Crippen LogP contribution in [-0.2, 0) is 0 Å². The molecule has 0 amide bonds. The molecule has 30 heavy (non-hydrogen) atoms. The molecule has 0 saturated carbocycles. The van der Waals surface area contributed by atoms with Crippen LogP contribution >= 0.6 is 0 Å². The molecule has 1 aliphatic heterocycles. The number of fused-ring (bicyclic) bond motifs is 4. The minimum absolute atomic E-state index is 0.110. The molecule has 1 atom stereocenters. The monoisotopic (exact) mass is 387 g/mol. The second kappa shape index (κ2) is 6.53. The molecule has 3 heteroatoms. The first-order chi connectivity index (χ1) is 14.8. The van der Waals surface area contributed by atoms with Crippen molar-refractivity contribution >= 4 is 28.3 Å². The van der Waals surface area contributed by atoms with Gasteiger partial charge in [-0.05, 0) is 46.0 Å². The molecular weight excluding hydrogens is 370 g/mol. The Labute approximate surface area is 173 Å². The molecule has 0 spiro atoms. The Kier molecular flexibility index (Phi) is 3.68. The van der Waals surface area contributed by atoms with Crippen molar-refractivity contribution in [2.24, 2.45) is 4.99 Å². The first-order valence-electron chi connectivity index (χ1n) is 9.96. The molecule has 3 aromatic carbocycles. The molecular formula is C27H17NO2. The summed E-state index contributed by atoms with van der Waals surface area (Å²) in [5, 5.41) is 0.904. The lowest BCUT2D eigenvalue weighted by Crippen LogP contribution is -2.13. The van der Waals surface area contributed by atoms with E-state index in [0.717, 1.165) is 27.8 Å². The van der Waals surface area contributed by atoms with Crippen molar-refractivity contribution in [1.82, 2.24) is 0 Å². The van der Waals surface area contributed by atoms with Gasteiger partial charge < -0.3 is 4.42 Å². The van der Waals surface area contributed by atoms with E-state index in [1.54, 1.807) is 0 Å². The van der Waals surface area contributed by atoms with Gasteiger partial charge in [-0.2, -0.15) is 0 Å². The lowest BCUT2D eigenvalue weighted by Gasteiger charge is -2.22. The number of hydrogen-bond donors (Lipinski definition) is 0. The third kappa shape index (κ3) is 2.60. The van der Waals surface area contributed by atoms with E-state index in [4.69, 9.17) is 4.42 Å². The van der Waals surface area contributed by atoms with Gasteiger partial charge >= 0.3 is 5.63 Å². The van der Waals surface area contributed by atoms with Crippen LogP contribution in [-0.4, -0.2) is 5.71 Å². The van der Waals surface area contributed by atoms with Gasteiger partial charge in [0.1, 0.15) is 5.58 Å². The third-order valence-electron chi connectivity index (χ3n) is 5.85. The first kappa shape index (κ1) is 16.9. The summed E-state index contributed by atoms with van der Waals surface area (Å²) in [5.74, 6) is 0.110. The zero-order valence-electron chi connectivity index (χ0n) is 16.1. The summed E-state index contributed by atoms with van der Waals surface area (Å²) in [6.45, 7) is 0. The van der Waals surface area contributed by atoms with Crippen LogP contribution in [0.25, 0.3) is 33.7 Å². The van der Waals surface area contributed by atoms with Crippen LogP contribution in [0.15, 0.2) is 105 Å². The van der Waals surface area contributed by atoms with E-state index in [2.05, 4.69) is 47.5 Å². The van der Waals surface area contributed by atoms with Gasteiger partial charge in [-0.1, -0.05) is 72.8 Å². The highest BCUT2D eigenvalue weighted by Gasteiger charge is 2.30.